The van der Waals surface area contributed by atoms with E-state index in [4.69, 9.17) is 15.6 Å². The van der Waals surface area contributed by atoms with Crippen LogP contribution in [0.15, 0.2) is 36.5 Å². The van der Waals surface area contributed by atoms with Gasteiger partial charge in [0.25, 0.3) is 0 Å². The summed E-state index contributed by atoms with van der Waals surface area (Å²) in [5.41, 5.74) is 6.65. The molecule has 1 heterocycles. The van der Waals surface area contributed by atoms with Crippen LogP contribution in [0.3, 0.4) is 0 Å². The zero-order valence-electron chi connectivity index (χ0n) is 11.0. The number of carbonyl (C=O) groups is 1. The maximum atomic E-state index is 11.0. The lowest BCUT2D eigenvalue weighted by atomic mass is 10.2. The second-order valence-electron chi connectivity index (χ2n) is 4.01. The van der Waals surface area contributed by atoms with Gasteiger partial charge in [-0.3, -0.25) is 0 Å². The van der Waals surface area contributed by atoms with Crippen molar-refractivity contribution in [3.8, 4) is 5.75 Å². The van der Waals surface area contributed by atoms with E-state index in [1.165, 1.54) is 12.3 Å². The number of aromatic nitrogens is 1. The first-order chi connectivity index (χ1) is 9.61. The number of nitrogen functional groups attached to an aromatic ring is 1. The summed E-state index contributed by atoms with van der Waals surface area (Å²) < 4.78 is 5.34. The normalized spacial score (nSPS) is 10.1. The third kappa shape index (κ3) is 2.97. The Hall–Kier alpha value is -2.76. The molecular weight excluding hydrogens is 258 g/mol. The minimum Gasteiger partial charge on any atom is -0.494 e. The highest BCUT2D eigenvalue weighted by atomic mass is 16.5. The molecule has 104 valence electrons. The first-order valence-corrected chi connectivity index (χ1v) is 6.09. The summed E-state index contributed by atoms with van der Waals surface area (Å²) in [6.45, 7) is 2.51. The first kappa shape index (κ1) is 13.7. The number of rotatable bonds is 5. The van der Waals surface area contributed by atoms with Crippen molar-refractivity contribution in [2.45, 2.75) is 6.92 Å². The number of carboxylic acid groups (broad SMARTS) is 1. The lowest BCUT2D eigenvalue weighted by Gasteiger charge is -2.10. The second kappa shape index (κ2) is 5.92. The molecule has 2 aromatic rings. The van der Waals surface area contributed by atoms with E-state index in [1.807, 2.05) is 19.1 Å². The van der Waals surface area contributed by atoms with Gasteiger partial charge in [0, 0.05) is 11.9 Å². The predicted molar refractivity (Wildman–Crippen MR) is 76.5 cm³/mol. The largest absolute Gasteiger partial charge is 0.494 e. The minimum absolute atomic E-state index is 0.0217. The van der Waals surface area contributed by atoms with Gasteiger partial charge in [0.15, 0.2) is 5.82 Å². The number of hydrogen-bond donors (Lipinski definition) is 3. The van der Waals surface area contributed by atoms with Crippen molar-refractivity contribution < 1.29 is 14.6 Å². The Morgan fingerprint density at radius 1 is 1.35 bits per heavy atom. The van der Waals surface area contributed by atoms with Crippen LogP contribution in [0.25, 0.3) is 0 Å². The fourth-order valence-corrected chi connectivity index (χ4v) is 1.70. The van der Waals surface area contributed by atoms with Gasteiger partial charge in [0.05, 0.1) is 17.9 Å². The average Bonchev–Trinajstić information content (AvgIpc) is 2.43. The van der Waals surface area contributed by atoms with E-state index < -0.39 is 5.97 Å². The molecule has 6 nitrogen and oxygen atoms in total. The van der Waals surface area contributed by atoms with E-state index in [1.54, 1.807) is 12.1 Å². The number of ether oxygens (including phenoxy) is 1. The van der Waals surface area contributed by atoms with Crippen molar-refractivity contribution in [1.82, 2.24) is 4.98 Å². The van der Waals surface area contributed by atoms with Crippen LogP contribution >= 0.6 is 0 Å². The first-order valence-electron chi connectivity index (χ1n) is 6.09. The van der Waals surface area contributed by atoms with Crippen molar-refractivity contribution in [3.63, 3.8) is 0 Å². The Balaban J connectivity index is 2.21. The SMILES string of the molecule is CCOc1ccc(Nc2nccc(C(=O)O)c2N)cc1. The number of benzene rings is 1. The Kier molecular flexibility index (Phi) is 4.05. The van der Waals surface area contributed by atoms with E-state index in [0.29, 0.717) is 12.4 Å². The third-order valence-corrected chi connectivity index (χ3v) is 2.65. The molecule has 6 heteroatoms. The van der Waals surface area contributed by atoms with Crippen LogP contribution in [0.5, 0.6) is 5.75 Å². The second-order valence-corrected chi connectivity index (χ2v) is 4.01. The van der Waals surface area contributed by atoms with E-state index >= 15 is 0 Å². The van der Waals surface area contributed by atoms with Crippen LogP contribution < -0.4 is 15.8 Å². The molecule has 0 unspecified atom stereocenters. The summed E-state index contributed by atoms with van der Waals surface area (Å²) in [7, 11) is 0. The smallest absolute Gasteiger partial charge is 0.337 e. The Labute approximate surface area is 116 Å². The van der Waals surface area contributed by atoms with Gasteiger partial charge in [-0.05, 0) is 37.3 Å². The number of carboxylic acids is 1. The van der Waals surface area contributed by atoms with Gasteiger partial charge < -0.3 is 20.9 Å². The summed E-state index contributed by atoms with van der Waals surface area (Å²) in [6.07, 6.45) is 1.40. The van der Waals surface area contributed by atoms with Crippen LogP contribution in [0, 0.1) is 0 Å². The average molecular weight is 273 g/mol. The fourth-order valence-electron chi connectivity index (χ4n) is 1.70. The molecule has 0 bridgehead atoms. The standard InChI is InChI=1S/C14H15N3O3/c1-2-20-10-5-3-9(4-6-10)17-13-12(15)11(14(18)19)7-8-16-13/h3-8H,2,15H2,1H3,(H,16,17)(H,18,19). The lowest BCUT2D eigenvalue weighted by molar-refractivity contribution is 0.0698. The van der Waals surface area contributed by atoms with E-state index in [0.717, 1.165) is 11.4 Å². The van der Waals surface area contributed by atoms with Gasteiger partial charge in [-0.1, -0.05) is 0 Å². The number of nitrogens with zero attached hydrogens (tertiary/aromatic N) is 1. The number of nitrogens with two attached hydrogens (primary N) is 1. The molecule has 0 aliphatic carbocycles. The summed E-state index contributed by atoms with van der Waals surface area (Å²) in [4.78, 5) is 15.0. The van der Waals surface area contributed by atoms with Crippen molar-refractivity contribution in [2.75, 3.05) is 17.7 Å². The molecule has 0 atom stereocenters. The summed E-state index contributed by atoms with van der Waals surface area (Å²) >= 11 is 0. The van der Waals surface area contributed by atoms with Gasteiger partial charge in [-0.2, -0.15) is 0 Å². The van der Waals surface area contributed by atoms with Crippen molar-refractivity contribution >= 4 is 23.2 Å². The van der Waals surface area contributed by atoms with Gasteiger partial charge >= 0.3 is 5.97 Å². The molecule has 0 saturated carbocycles. The molecule has 0 radical (unpaired) electrons. The van der Waals surface area contributed by atoms with Crippen molar-refractivity contribution in [1.29, 1.82) is 0 Å². The number of aromatic carboxylic acids is 1. The zero-order chi connectivity index (χ0) is 14.5. The maximum Gasteiger partial charge on any atom is 0.337 e. The van der Waals surface area contributed by atoms with Gasteiger partial charge in [-0.25, -0.2) is 9.78 Å². The van der Waals surface area contributed by atoms with Crippen LogP contribution in [0.1, 0.15) is 17.3 Å². The van der Waals surface area contributed by atoms with Crippen LogP contribution in [0.4, 0.5) is 17.2 Å². The molecule has 0 aliphatic heterocycles. The van der Waals surface area contributed by atoms with Gasteiger partial charge in [0.2, 0.25) is 0 Å². The van der Waals surface area contributed by atoms with E-state index in [2.05, 4.69) is 10.3 Å². The molecule has 1 aromatic heterocycles. The van der Waals surface area contributed by atoms with Gasteiger partial charge in [-0.15, -0.1) is 0 Å². The molecule has 4 N–H and O–H groups in total. The van der Waals surface area contributed by atoms with Crippen LogP contribution in [-0.2, 0) is 0 Å². The Morgan fingerprint density at radius 2 is 2.05 bits per heavy atom. The maximum absolute atomic E-state index is 11.0. The zero-order valence-corrected chi connectivity index (χ0v) is 11.0. The monoisotopic (exact) mass is 273 g/mol. The highest BCUT2D eigenvalue weighted by Crippen LogP contribution is 2.25. The fraction of sp³-hybridized carbons (Fsp3) is 0.143. The topological polar surface area (TPSA) is 97.5 Å². The summed E-state index contributed by atoms with van der Waals surface area (Å²) in [6, 6.07) is 8.59. The third-order valence-electron chi connectivity index (χ3n) is 2.65. The molecular formula is C14H15N3O3. The molecule has 0 spiro atoms. The highest BCUT2D eigenvalue weighted by Gasteiger charge is 2.12. The Bertz CT molecular complexity index is 612. The molecule has 0 aliphatic rings. The minimum atomic E-state index is -1.08. The number of anilines is 3. The van der Waals surface area contributed by atoms with Gasteiger partial charge in [0.1, 0.15) is 5.75 Å². The molecule has 2 rings (SSSR count). The quantitative estimate of drug-likeness (QED) is 0.774. The van der Waals surface area contributed by atoms with E-state index in [-0.39, 0.29) is 11.3 Å². The number of nitrogens with one attached hydrogen (secondary N) is 1. The summed E-state index contributed by atoms with van der Waals surface area (Å²) in [5, 5.41) is 12.0. The van der Waals surface area contributed by atoms with Crippen LogP contribution in [0.2, 0.25) is 0 Å². The molecule has 0 fully saturated rings. The lowest BCUT2D eigenvalue weighted by Crippen LogP contribution is -2.07. The summed E-state index contributed by atoms with van der Waals surface area (Å²) in [5.74, 6) is -0.00743. The van der Waals surface area contributed by atoms with Crippen LogP contribution in [-0.4, -0.2) is 22.7 Å². The number of hydrogen-bond acceptors (Lipinski definition) is 5. The molecule has 1 aromatic carbocycles. The highest BCUT2D eigenvalue weighted by molar-refractivity contribution is 5.96. The Morgan fingerprint density at radius 3 is 2.65 bits per heavy atom. The molecule has 0 amide bonds. The van der Waals surface area contributed by atoms with Crippen molar-refractivity contribution in [2.24, 2.45) is 0 Å². The molecule has 0 saturated heterocycles. The predicted octanol–water partition coefficient (Wildman–Crippen LogP) is 2.50. The van der Waals surface area contributed by atoms with Crippen molar-refractivity contribution in [3.05, 3.63) is 42.1 Å². The molecule has 20 heavy (non-hydrogen) atoms. The number of pyridine rings is 1. The van der Waals surface area contributed by atoms with E-state index in [9.17, 15) is 4.79 Å².